The molecule has 5 heteroatoms. The SMILES string of the molecule is COc1ccc(C(Cl)c2ccc(Cl)c(F)c2)cc1F. The van der Waals surface area contributed by atoms with E-state index in [1.54, 1.807) is 12.1 Å². The van der Waals surface area contributed by atoms with Gasteiger partial charge in [0.05, 0.1) is 17.5 Å². The van der Waals surface area contributed by atoms with Gasteiger partial charge in [0, 0.05) is 0 Å². The minimum Gasteiger partial charge on any atom is -0.494 e. The molecule has 0 bridgehead atoms. The molecule has 0 aromatic heterocycles. The fourth-order valence-corrected chi connectivity index (χ4v) is 2.09. The minimum absolute atomic E-state index is 0.0218. The van der Waals surface area contributed by atoms with Gasteiger partial charge >= 0.3 is 0 Å². The third-order valence-electron chi connectivity index (χ3n) is 2.70. The molecular weight excluding hydrogens is 293 g/mol. The number of methoxy groups -OCH3 is 1. The molecule has 2 aromatic carbocycles. The van der Waals surface area contributed by atoms with Crippen molar-refractivity contribution in [3.8, 4) is 5.75 Å². The van der Waals surface area contributed by atoms with Gasteiger partial charge in [-0.1, -0.05) is 23.7 Å². The molecule has 0 spiro atoms. The number of benzene rings is 2. The minimum atomic E-state index is -0.660. The van der Waals surface area contributed by atoms with Gasteiger partial charge in [-0.3, -0.25) is 0 Å². The summed E-state index contributed by atoms with van der Waals surface area (Å²) in [6.45, 7) is 0. The maximum Gasteiger partial charge on any atom is 0.165 e. The van der Waals surface area contributed by atoms with E-state index in [9.17, 15) is 8.78 Å². The number of halogens is 4. The van der Waals surface area contributed by atoms with E-state index in [4.69, 9.17) is 27.9 Å². The zero-order chi connectivity index (χ0) is 14.0. The van der Waals surface area contributed by atoms with Gasteiger partial charge in [-0.25, -0.2) is 8.78 Å². The Bertz CT molecular complexity index is 602. The highest BCUT2D eigenvalue weighted by atomic mass is 35.5. The highest BCUT2D eigenvalue weighted by Crippen LogP contribution is 2.32. The molecule has 0 saturated carbocycles. The van der Waals surface area contributed by atoms with Gasteiger partial charge in [0.15, 0.2) is 11.6 Å². The Hall–Kier alpha value is -1.32. The second-order valence-electron chi connectivity index (χ2n) is 3.93. The normalized spacial score (nSPS) is 12.3. The Morgan fingerprint density at radius 2 is 1.58 bits per heavy atom. The lowest BCUT2D eigenvalue weighted by molar-refractivity contribution is 0.386. The monoisotopic (exact) mass is 302 g/mol. The first-order valence-electron chi connectivity index (χ1n) is 5.45. The first kappa shape index (κ1) is 14.1. The van der Waals surface area contributed by atoms with Crippen LogP contribution in [0.5, 0.6) is 5.75 Å². The van der Waals surface area contributed by atoms with Crippen LogP contribution in [0, 0.1) is 11.6 Å². The van der Waals surface area contributed by atoms with E-state index in [2.05, 4.69) is 0 Å². The predicted molar refractivity (Wildman–Crippen MR) is 72.1 cm³/mol. The van der Waals surface area contributed by atoms with Crippen LogP contribution < -0.4 is 4.74 Å². The predicted octanol–water partition coefficient (Wildman–Crippen LogP) is 4.96. The molecule has 0 radical (unpaired) electrons. The molecule has 100 valence electrons. The summed E-state index contributed by atoms with van der Waals surface area (Å²) in [6, 6.07) is 8.64. The van der Waals surface area contributed by atoms with E-state index in [-0.39, 0.29) is 10.8 Å². The Morgan fingerprint density at radius 3 is 2.11 bits per heavy atom. The van der Waals surface area contributed by atoms with E-state index in [1.165, 1.54) is 31.4 Å². The van der Waals surface area contributed by atoms with Crippen molar-refractivity contribution in [1.29, 1.82) is 0 Å². The first-order valence-corrected chi connectivity index (χ1v) is 6.27. The van der Waals surface area contributed by atoms with Gasteiger partial charge in [0.1, 0.15) is 5.82 Å². The van der Waals surface area contributed by atoms with E-state index in [0.717, 1.165) is 0 Å². The lowest BCUT2D eigenvalue weighted by atomic mass is 10.0. The molecule has 0 fully saturated rings. The molecule has 1 nitrogen and oxygen atoms in total. The molecule has 1 unspecified atom stereocenters. The van der Waals surface area contributed by atoms with Gasteiger partial charge in [-0.05, 0) is 35.4 Å². The van der Waals surface area contributed by atoms with Gasteiger partial charge in [-0.15, -0.1) is 11.6 Å². The molecule has 0 aliphatic heterocycles. The number of hydrogen-bond donors (Lipinski definition) is 0. The molecule has 0 aliphatic rings. The van der Waals surface area contributed by atoms with Crippen molar-refractivity contribution < 1.29 is 13.5 Å². The highest BCUT2D eigenvalue weighted by molar-refractivity contribution is 6.30. The number of hydrogen-bond acceptors (Lipinski definition) is 1. The van der Waals surface area contributed by atoms with Crippen LogP contribution in [-0.4, -0.2) is 7.11 Å². The van der Waals surface area contributed by atoms with Crippen molar-refractivity contribution in [2.45, 2.75) is 5.38 Å². The van der Waals surface area contributed by atoms with Crippen LogP contribution in [0.3, 0.4) is 0 Å². The van der Waals surface area contributed by atoms with Crippen molar-refractivity contribution >= 4 is 23.2 Å². The smallest absolute Gasteiger partial charge is 0.165 e. The van der Waals surface area contributed by atoms with Crippen LogP contribution in [0.15, 0.2) is 36.4 Å². The number of alkyl halides is 1. The molecule has 2 rings (SSSR count). The molecule has 19 heavy (non-hydrogen) atoms. The van der Waals surface area contributed by atoms with Crippen molar-refractivity contribution in [1.82, 2.24) is 0 Å². The number of rotatable bonds is 3. The summed E-state index contributed by atoms with van der Waals surface area (Å²) in [5, 5.41) is -0.638. The van der Waals surface area contributed by atoms with Crippen molar-refractivity contribution in [2.24, 2.45) is 0 Å². The van der Waals surface area contributed by atoms with E-state index in [1.807, 2.05) is 0 Å². The van der Waals surface area contributed by atoms with E-state index in [0.29, 0.717) is 11.1 Å². The maximum absolute atomic E-state index is 13.6. The van der Waals surface area contributed by atoms with Crippen LogP contribution in [0.25, 0.3) is 0 Å². The van der Waals surface area contributed by atoms with Crippen molar-refractivity contribution in [2.75, 3.05) is 7.11 Å². The van der Waals surface area contributed by atoms with Gasteiger partial charge < -0.3 is 4.74 Å². The fourth-order valence-electron chi connectivity index (χ4n) is 1.70. The Balaban J connectivity index is 2.35. The molecule has 2 aromatic rings. The fraction of sp³-hybridized carbons (Fsp3) is 0.143. The van der Waals surface area contributed by atoms with Gasteiger partial charge in [0.2, 0.25) is 0 Å². The summed E-state index contributed by atoms with van der Waals surface area (Å²) in [7, 11) is 1.38. The molecule has 0 saturated heterocycles. The summed E-state index contributed by atoms with van der Waals surface area (Å²) in [5.41, 5.74) is 1.02. The van der Waals surface area contributed by atoms with E-state index >= 15 is 0 Å². The van der Waals surface area contributed by atoms with Gasteiger partial charge in [-0.2, -0.15) is 0 Å². The van der Waals surface area contributed by atoms with Crippen LogP contribution in [0.1, 0.15) is 16.5 Å². The number of ether oxygens (including phenoxy) is 1. The second-order valence-corrected chi connectivity index (χ2v) is 4.77. The zero-order valence-corrected chi connectivity index (χ0v) is 11.5. The molecular formula is C14H10Cl2F2O. The molecule has 0 N–H and O–H groups in total. The zero-order valence-electron chi connectivity index (χ0n) is 9.96. The van der Waals surface area contributed by atoms with E-state index < -0.39 is 17.0 Å². The summed E-state index contributed by atoms with van der Waals surface area (Å²) in [4.78, 5) is 0. The third kappa shape index (κ3) is 2.99. The topological polar surface area (TPSA) is 9.23 Å². The lowest BCUT2D eigenvalue weighted by Gasteiger charge is -2.12. The Morgan fingerprint density at radius 1 is 1.00 bits per heavy atom. The van der Waals surface area contributed by atoms with Crippen molar-refractivity contribution in [3.63, 3.8) is 0 Å². The maximum atomic E-state index is 13.6. The molecule has 0 aliphatic carbocycles. The first-order chi connectivity index (χ1) is 9.02. The van der Waals surface area contributed by atoms with Gasteiger partial charge in [0.25, 0.3) is 0 Å². The van der Waals surface area contributed by atoms with Crippen LogP contribution in [-0.2, 0) is 0 Å². The largest absolute Gasteiger partial charge is 0.494 e. The average Bonchev–Trinajstić information content (AvgIpc) is 2.41. The third-order valence-corrected chi connectivity index (χ3v) is 3.52. The highest BCUT2D eigenvalue weighted by Gasteiger charge is 2.15. The molecule has 0 heterocycles. The second kappa shape index (κ2) is 5.76. The van der Waals surface area contributed by atoms with Crippen LogP contribution in [0.4, 0.5) is 8.78 Å². The van der Waals surface area contributed by atoms with Crippen molar-refractivity contribution in [3.05, 3.63) is 64.2 Å². The average molecular weight is 303 g/mol. The molecule has 0 amide bonds. The molecule has 1 atom stereocenters. The lowest BCUT2D eigenvalue weighted by Crippen LogP contribution is -1.97. The summed E-state index contributed by atoms with van der Waals surface area (Å²) in [6.07, 6.45) is 0. The van der Waals surface area contributed by atoms with Crippen LogP contribution >= 0.6 is 23.2 Å². The summed E-state index contributed by atoms with van der Waals surface area (Å²) < 4.78 is 31.8. The summed E-state index contributed by atoms with van der Waals surface area (Å²) >= 11 is 11.8. The van der Waals surface area contributed by atoms with Crippen LogP contribution in [0.2, 0.25) is 5.02 Å². The Labute approximate surface area is 119 Å². The summed E-state index contributed by atoms with van der Waals surface area (Å²) in [5.74, 6) is -0.936. The standard InChI is InChI=1S/C14H10Cl2F2O/c1-19-13-5-3-9(7-12(13)18)14(16)8-2-4-10(15)11(17)6-8/h2-7,14H,1H3. The quantitative estimate of drug-likeness (QED) is 0.729. The Kier molecular flexibility index (Phi) is 4.27.